The van der Waals surface area contributed by atoms with E-state index in [1.807, 2.05) is 0 Å². The minimum atomic E-state index is 0.858. The summed E-state index contributed by atoms with van der Waals surface area (Å²) in [5.41, 5.74) is 2.49. The lowest BCUT2D eigenvalue weighted by molar-refractivity contribution is -0.827. The summed E-state index contributed by atoms with van der Waals surface area (Å²) in [6, 6.07) is 21.1. The zero-order chi connectivity index (χ0) is 16.1. The zero-order valence-electron chi connectivity index (χ0n) is 14.0. The van der Waals surface area contributed by atoms with Crippen molar-refractivity contribution in [2.45, 2.75) is 0 Å². The van der Waals surface area contributed by atoms with Gasteiger partial charge in [0.1, 0.15) is 6.54 Å². The SMILES string of the molecule is CN(C[N+]1(CN(C)c2ccccc2)C=NCC1)c1ccccc1. The molecule has 0 aliphatic carbocycles. The zero-order valence-corrected chi connectivity index (χ0v) is 14.0. The number of benzene rings is 2. The van der Waals surface area contributed by atoms with E-state index in [0.717, 1.165) is 30.9 Å². The fraction of sp³-hybridized carbons (Fsp3) is 0.316. The molecule has 4 heteroatoms. The Kier molecular flexibility index (Phi) is 4.63. The number of hydrogen-bond acceptors (Lipinski definition) is 3. The van der Waals surface area contributed by atoms with Gasteiger partial charge in [-0.2, -0.15) is 0 Å². The molecule has 4 nitrogen and oxygen atoms in total. The van der Waals surface area contributed by atoms with E-state index in [-0.39, 0.29) is 0 Å². The fourth-order valence-electron chi connectivity index (χ4n) is 3.18. The molecule has 0 saturated heterocycles. The van der Waals surface area contributed by atoms with Gasteiger partial charge in [0, 0.05) is 25.5 Å². The Morgan fingerprint density at radius 2 is 1.30 bits per heavy atom. The van der Waals surface area contributed by atoms with Crippen LogP contribution in [0, 0.1) is 0 Å². The van der Waals surface area contributed by atoms with Gasteiger partial charge in [-0.3, -0.25) is 0 Å². The van der Waals surface area contributed by atoms with E-state index < -0.39 is 0 Å². The first-order valence-corrected chi connectivity index (χ1v) is 8.08. The Hall–Kier alpha value is -2.33. The van der Waals surface area contributed by atoms with Crippen LogP contribution < -0.4 is 9.80 Å². The topological polar surface area (TPSA) is 18.8 Å². The summed E-state index contributed by atoms with van der Waals surface area (Å²) >= 11 is 0. The summed E-state index contributed by atoms with van der Waals surface area (Å²) in [6.07, 6.45) is 2.12. The Labute approximate surface area is 138 Å². The molecule has 1 aliphatic heterocycles. The molecular weight excluding hydrogens is 284 g/mol. The second-order valence-electron chi connectivity index (χ2n) is 6.31. The molecule has 1 aliphatic rings. The van der Waals surface area contributed by atoms with Crippen LogP contribution in [-0.2, 0) is 0 Å². The monoisotopic (exact) mass is 309 g/mol. The summed E-state index contributed by atoms with van der Waals surface area (Å²) in [6.45, 7) is 3.80. The average molecular weight is 309 g/mol. The maximum absolute atomic E-state index is 4.52. The van der Waals surface area contributed by atoms with E-state index >= 15 is 0 Å². The van der Waals surface area contributed by atoms with Gasteiger partial charge >= 0.3 is 0 Å². The third-order valence-electron chi connectivity index (χ3n) is 4.38. The van der Waals surface area contributed by atoms with Crippen molar-refractivity contribution in [2.24, 2.45) is 4.99 Å². The average Bonchev–Trinajstić information content (AvgIpc) is 3.04. The summed E-state index contributed by atoms with van der Waals surface area (Å²) in [5, 5.41) is 0. The Morgan fingerprint density at radius 3 is 1.70 bits per heavy atom. The Balaban J connectivity index is 1.74. The van der Waals surface area contributed by atoms with Crippen molar-refractivity contribution in [3.8, 4) is 0 Å². The molecule has 2 aromatic rings. The van der Waals surface area contributed by atoms with Crippen LogP contribution in [0.4, 0.5) is 11.4 Å². The molecule has 0 fully saturated rings. The van der Waals surface area contributed by atoms with Crippen molar-refractivity contribution < 1.29 is 4.48 Å². The number of anilines is 2. The largest absolute Gasteiger partial charge is 0.328 e. The van der Waals surface area contributed by atoms with Crippen LogP contribution >= 0.6 is 0 Å². The minimum Gasteiger partial charge on any atom is -0.328 e. The van der Waals surface area contributed by atoms with Gasteiger partial charge in [0.05, 0.1) is 6.54 Å². The van der Waals surface area contributed by atoms with Gasteiger partial charge in [-0.1, -0.05) is 36.4 Å². The number of para-hydroxylation sites is 2. The Morgan fingerprint density at radius 1 is 0.826 bits per heavy atom. The van der Waals surface area contributed by atoms with Crippen LogP contribution in [0.15, 0.2) is 65.7 Å². The molecule has 0 N–H and O–H groups in total. The molecule has 120 valence electrons. The third kappa shape index (κ3) is 3.71. The van der Waals surface area contributed by atoms with Crippen LogP contribution in [0.25, 0.3) is 0 Å². The summed E-state index contributed by atoms with van der Waals surface area (Å²) in [4.78, 5) is 9.16. The third-order valence-corrected chi connectivity index (χ3v) is 4.38. The fourth-order valence-corrected chi connectivity index (χ4v) is 3.18. The van der Waals surface area contributed by atoms with Gasteiger partial charge in [0.15, 0.2) is 19.7 Å². The predicted molar refractivity (Wildman–Crippen MR) is 97.9 cm³/mol. The van der Waals surface area contributed by atoms with Gasteiger partial charge in [0.25, 0.3) is 0 Å². The van der Waals surface area contributed by atoms with Gasteiger partial charge in [-0.15, -0.1) is 0 Å². The first-order chi connectivity index (χ1) is 11.2. The highest BCUT2D eigenvalue weighted by Crippen LogP contribution is 2.20. The standard InChI is InChI=1S/C19H25N4/c1-21(18-9-5-3-6-10-18)16-23(14-13-20-15-23)17-22(2)19-11-7-4-8-12-19/h3-12,15H,13-14,16-17H2,1-2H3/q+1. The number of quaternary nitrogens is 1. The molecule has 2 aromatic carbocycles. The van der Waals surface area contributed by atoms with E-state index in [9.17, 15) is 0 Å². The molecule has 3 rings (SSSR count). The van der Waals surface area contributed by atoms with Crippen LogP contribution in [0.3, 0.4) is 0 Å². The van der Waals surface area contributed by atoms with E-state index in [2.05, 4.69) is 95.9 Å². The lowest BCUT2D eigenvalue weighted by Crippen LogP contribution is -2.56. The van der Waals surface area contributed by atoms with Crippen molar-refractivity contribution in [1.29, 1.82) is 0 Å². The second-order valence-corrected chi connectivity index (χ2v) is 6.31. The van der Waals surface area contributed by atoms with E-state index in [1.165, 1.54) is 11.4 Å². The van der Waals surface area contributed by atoms with Crippen LogP contribution in [-0.4, -0.2) is 51.3 Å². The van der Waals surface area contributed by atoms with E-state index in [1.54, 1.807) is 0 Å². The van der Waals surface area contributed by atoms with Gasteiger partial charge < -0.3 is 9.80 Å². The first kappa shape index (κ1) is 15.6. The van der Waals surface area contributed by atoms with Gasteiger partial charge in [0.2, 0.25) is 0 Å². The quantitative estimate of drug-likeness (QED) is 0.764. The molecule has 0 saturated carbocycles. The summed E-state index contributed by atoms with van der Waals surface area (Å²) in [5.74, 6) is 0. The molecule has 0 radical (unpaired) electrons. The smallest absolute Gasteiger partial charge is 0.188 e. The van der Waals surface area contributed by atoms with Gasteiger partial charge in [-0.25, -0.2) is 9.48 Å². The summed E-state index contributed by atoms with van der Waals surface area (Å²) in [7, 11) is 4.31. The highest BCUT2D eigenvalue weighted by molar-refractivity contribution is 5.52. The van der Waals surface area contributed by atoms with Crippen molar-refractivity contribution in [3.63, 3.8) is 0 Å². The Bertz CT molecular complexity index is 591. The minimum absolute atomic E-state index is 0.858. The number of nitrogens with zero attached hydrogens (tertiary/aromatic N) is 4. The maximum atomic E-state index is 4.52. The molecule has 0 aromatic heterocycles. The summed E-state index contributed by atoms with van der Waals surface area (Å²) < 4.78 is 0.858. The van der Waals surface area contributed by atoms with Crippen LogP contribution in [0.2, 0.25) is 0 Å². The van der Waals surface area contributed by atoms with Crippen LogP contribution in [0.1, 0.15) is 0 Å². The van der Waals surface area contributed by atoms with Crippen molar-refractivity contribution in [1.82, 2.24) is 0 Å². The number of hydrogen-bond donors (Lipinski definition) is 0. The molecule has 23 heavy (non-hydrogen) atoms. The van der Waals surface area contributed by atoms with Crippen molar-refractivity contribution in [2.75, 3.05) is 50.3 Å². The molecule has 0 bridgehead atoms. The lowest BCUT2D eigenvalue weighted by Gasteiger charge is -2.38. The highest BCUT2D eigenvalue weighted by atomic mass is 15.5. The van der Waals surface area contributed by atoms with Crippen LogP contribution in [0.5, 0.6) is 0 Å². The highest BCUT2D eigenvalue weighted by Gasteiger charge is 2.32. The number of aliphatic imine (C=N–C) groups is 1. The molecule has 0 unspecified atom stereocenters. The second kappa shape index (κ2) is 6.84. The predicted octanol–water partition coefficient (Wildman–Crippen LogP) is 3.03. The van der Waals surface area contributed by atoms with Crippen molar-refractivity contribution in [3.05, 3.63) is 60.7 Å². The normalized spacial score (nSPS) is 15.6. The number of rotatable bonds is 6. The first-order valence-electron chi connectivity index (χ1n) is 8.08. The molecular formula is C19H25N4+. The van der Waals surface area contributed by atoms with E-state index in [4.69, 9.17) is 0 Å². The molecule has 1 heterocycles. The molecule has 0 spiro atoms. The lowest BCUT2D eigenvalue weighted by atomic mass is 10.3. The molecule has 0 amide bonds. The van der Waals surface area contributed by atoms with Crippen molar-refractivity contribution >= 4 is 17.7 Å². The van der Waals surface area contributed by atoms with Gasteiger partial charge in [-0.05, 0) is 24.3 Å². The molecule has 0 atom stereocenters. The van der Waals surface area contributed by atoms with E-state index in [0.29, 0.717) is 0 Å². The maximum Gasteiger partial charge on any atom is 0.188 e.